The molecule has 0 radical (unpaired) electrons. The van der Waals surface area contributed by atoms with Crippen molar-refractivity contribution >= 4 is 28.7 Å². The van der Waals surface area contributed by atoms with Crippen LogP contribution in [0.25, 0.3) is 21.9 Å². The van der Waals surface area contributed by atoms with Crippen molar-refractivity contribution in [2.75, 3.05) is 7.11 Å². The molecular formula is C18H13ClO2. The van der Waals surface area contributed by atoms with Gasteiger partial charge in [0.25, 0.3) is 0 Å². The molecular weight excluding hydrogens is 284 g/mol. The molecule has 0 amide bonds. The predicted molar refractivity (Wildman–Crippen MR) is 86.3 cm³/mol. The van der Waals surface area contributed by atoms with Gasteiger partial charge in [0.15, 0.2) is 6.29 Å². The summed E-state index contributed by atoms with van der Waals surface area (Å²) in [4.78, 5) is 10.8. The Morgan fingerprint density at radius 2 is 1.57 bits per heavy atom. The molecule has 0 aliphatic heterocycles. The third-order valence-corrected chi connectivity index (χ3v) is 3.84. The standard InChI is InChI=1S/C18H13ClO2/c1-21-17-7-6-13-8-12(2-3-14(13)9-17)15-4-5-16(11-20)18(19)10-15/h2-11H,1H3. The van der Waals surface area contributed by atoms with Crippen molar-refractivity contribution in [2.24, 2.45) is 0 Å². The van der Waals surface area contributed by atoms with Gasteiger partial charge in [-0.25, -0.2) is 0 Å². The van der Waals surface area contributed by atoms with Crippen LogP contribution in [-0.4, -0.2) is 13.4 Å². The molecule has 2 nitrogen and oxygen atoms in total. The molecule has 3 heteroatoms. The lowest BCUT2D eigenvalue weighted by molar-refractivity contribution is 0.112. The first-order valence-electron chi connectivity index (χ1n) is 6.54. The summed E-state index contributed by atoms with van der Waals surface area (Å²) in [6.45, 7) is 0. The first-order chi connectivity index (χ1) is 10.2. The summed E-state index contributed by atoms with van der Waals surface area (Å²) >= 11 is 6.09. The third kappa shape index (κ3) is 2.63. The van der Waals surface area contributed by atoms with Gasteiger partial charge in [-0.15, -0.1) is 0 Å². The lowest BCUT2D eigenvalue weighted by Crippen LogP contribution is -1.85. The Labute approximate surface area is 127 Å². The summed E-state index contributed by atoms with van der Waals surface area (Å²) in [5.41, 5.74) is 2.56. The monoisotopic (exact) mass is 296 g/mol. The number of ether oxygens (including phenoxy) is 1. The van der Waals surface area contributed by atoms with Crippen LogP contribution in [0.5, 0.6) is 5.75 Å². The summed E-state index contributed by atoms with van der Waals surface area (Å²) in [6.07, 6.45) is 0.763. The normalized spacial score (nSPS) is 10.6. The Kier molecular flexibility index (Phi) is 3.63. The van der Waals surface area contributed by atoms with E-state index < -0.39 is 0 Å². The molecule has 0 saturated carbocycles. The summed E-state index contributed by atoms with van der Waals surface area (Å²) < 4.78 is 5.23. The van der Waals surface area contributed by atoms with Crippen LogP contribution < -0.4 is 4.74 Å². The van der Waals surface area contributed by atoms with Gasteiger partial charge in [0.1, 0.15) is 5.75 Å². The second-order valence-corrected chi connectivity index (χ2v) is 5.19. The molecule has 0 spiro atoms. The highest BCUT2D eigenvalue weighted by Gasteiger charge is 2.04. The van der Waals surface area contributed by atoms with Gasteiger partial charge in [-0.2, -0.15) is 0 Å². The second-order valence-electron chi connectivity index (χ2n) is 4.78. The zero-order valence-electron chi connectivity index (χ0n) is 11.5. The van der Waals surface area contributed by atoms with Crippen molar-refractivity contribution < 1.29 is 9.53 Å². The lowest BCUT2D eigenvalue weighted by atomic mass is 10.0. The van der Waals surface area contributed by atoms with E-state index in [0.717, 1.165) is 33.9 Å². The number of rotatable bonds is 3. The van der Waals surface area contributed by atoms with Crippen LogP contribution in [-0.2, 0) is 0 Å². The van der Waals surface area contributed by atoms with Gasteiger partial charge < -0.3 is 4.74 Å². The van der Waals surface area contributed by atoms with Gasteiger partial charge in [0.2, 0.25) is 0 Å². The number of hydrogen-bond donors (Lipinski definition) is 0. The molecule has 0 atom stereocenters. The van der Waals surface area contributed by atoms with Crippen molar-refractivity contribution in [3.05, 3.63) is 65.2 Å². The van der Waals surface area contributed by atoms with Crippen LogP contribution in [0.1, 0.15) is 10.4 Å². The van der Waals surface area contributed by atoms with Gasteiger partial charge in [0, 0.05) is 5.56 Å². The maximum atomic E-state index is 10.8. The fourth-order valence-corrected chi connectivity index (χ4v) is 2.56. The summed E-state index contributed by atoms with van der Waals surface area (Å²) in [6, 6.07) is 17.6. The van der Waals surface area contributed by atoms with Crippen LogP contribution >= 0.6 is 11.6 Å². The summed E-state index contributed by atoms with van der Waals surface area (Å²) in [5.74, 6) is 0.841. The number of aldehydes is 1. The SMILES string of the molecule is COc1ccc2cc(-c3ccc(C=O)c(Cl)c3)ccc2c1. The van der Waals surface area contributed by atoms with Crippen LogP contribution in [0.4, 0.5) is 0 Å². The Morgan fingerprint density at radius 1 is 0.905 bits per heavy atom. The molecule has 3 aromatic rings. The van der Waals surface area contributed by atoms with E-state index in [0.29, 0.717) is 10.6 Å². The number of methoxy groups -OCH3 is 1. The first kappa shape index (κ1) is 13.7. The Morgan fingerprint density at radius 3 is 2.29 bits per heavy atom. The molecule has 21 heavy (non-hydrogen) atoms. The zero-order valence-corrected chi connectivity index (χ0v) is 12.2. The predicted octanol–water partition coefficient (Wildman–Crippen LogP) is 4.98. The average molecular weight is 297 g/mol. The van der Waals surface area contributed by atoms with E-state index in [4.69, 9.17) is 16.3 Å². The van der Waals surface area contributed by atoms with Gasteiger partial charge >= 0.3 is 0 Å². The quantitative estimate of drug-likeness (QED) is 0.637. The van der Waals surface area contributed by atoms with Gasteiger partial charge in [-0.05, 0) is 52.2 Å². The average Bonchev–Trinajstić information content (AvgIpc) is 2.53. The van der Waals surface area contributed by atoms with E-state index in [9.17, 15) is 4.79 Å². The molecule has 0 bridgehead atoms. The number of fused-ring (bicyclic) bond motifs is 1. The van der Waals surface area contributed by atoms with Gasteiger partial charge in [-0.1, -0.05) is 35.9 Å². The smallest absolute Gasteiger partial charge is 0.151 e. The Balaban J connectivity index is 2.08. The highest BCUT2D eigenvalue weighted by atomic mass is 35.5. The highest BCUT2D eigenvalue weighted by Crippen LogP contribution is 2.29. The molecule has 0 aromatic heterocycles. The van der Waals surface area contributed by atoms with Gasteiger partial charge in [0.05, 0.1) is 12.1 Å². The summed E-state index contributed by atoms with van der Waals surface area (Å²) in [5, 5.41) is 2.72. The van der Waals surface area contributed by atoms with Crippen molar-refractivity contribution in [3.63, 3.8) is 0 Å². The van der Waals surface area contributed by atoms with Crippen molar-refractivity contribution in [3.8, 4) is 16.9 Å². The maximum absolute atomic E-state index is 10.8. The minimum absolute atomic E-state index is 0.470. The third-order valence-electron chi connectivity index (χ3n) is 3.51. The van der Waals surface area contributed by atoms with Crippen molar-refractivity contribution in [2.45, 2.75) is 0 Å². The topological polar surface area (TPSA) is 26.3 Å². The lowest BCUT2D eigenvalue weighted by Gasteiger charge is -2.07. The van der Waals surface area contributed by atoms with E-state index >= 15 is 0 Å². The van der Waals surface area contributed by atoms with Crippen LogP contribution in [0.15, 0.2) is 54.6 Å². The molecule has 0 heterocycles. The molecule has 0 aliphatic carbocycles. The fourth-order valence-electron chi connectivity index (χ4n) is 2.33. The molecule has 0 N–H and O–H groups in total. The molecule has 0 fully saturated rings. The van der Waals surface area contributed by atoms with Crippen LogP contribution in [0.3, 0.4) is 0 Å². The minimum atomic E-state index is 0.470. The van der Waals surface area contributed by atoms with E-state index in [1.165, 1.54) is 0 Å². The Bertz CT molecular complexity index is 825. The first-order valence-corrected chi connectivity index (χ1v) is 6.92. The molecule has 0 saturated heterocycles. The maximum Gasteiger partial charge on any atom is 0.151 e. The summed E-state index contributed by atoms with van der Waals surface area (Å²) in [7, 11) is 1.66. The van der Waals surface area contributed by atoms with E-state index in [1.54, 1.807) is 13.2 Å². The number of benzene rings is 3. The van der Waals surface area contributed by atoms with Gasteiger partial charge in [-0.3, -0.25) is 4.79 Å². The molecule has 0 unspecified atom stereocenters. The largest absolute Gasteiger partial charge is 0.497 e. The number of carbonyl (C=O) groups excluding carboxylic acids is 1. The fraction of sp³-hybridized carbons (Fsp3) is 0.0556. The van der Waals surface area contributed by atoms with Crippen LogP contribution in [0.2, 0.25) is 5.02 Å². The number of carbonyl (C=O) groups is 1. The molecule has 104 valence electrons. The highest BCUT2D eigenvalue weighted by molar-refractivity contribution is 6.33. The zero-order chi connectivity index (χ0) is 14.8. The van der Waals surface area contributed by atoms with E-state index in [1.807, 2.05) is 36.4 Å². The number of halogens is 1. The van der Waals surface area contributed by atoms with Crippen molar-refractivity contribution in [1.82, 2.24) is 0 Å². The Hall–Kier alpha value is -2.32. The molecule has 0 aliphatic rings. The molecule has 3 aromatic carbocycles. The minimum Gasteiger partial charge on any atom is -0.497 e. The van der Waals surface area contributed by atoms with E-state index in [2.05, 4.69) is 12.1 Å². The number of hydrogen-bond acceptors (Lipinski definition) is 2. The second kappa shape index (κ2) is 5.58. The molecule has 3 rings (SSSR count). The van der Waals surface area contributed by atoms with Crippen LogP contribution in [0, 0.1) is 0 Å². The van der Waals surface area contributed by atoms with Crippen molar-refractivity contribution in [1.29, 1.82) is 0 Å². The van der Waals surface area contributed by atoms with E-state index in [-0.39, 0.29) is 0 Å².